The lowest BCUT2D eigenvalue weighted by Crippen LogP contribution is -2.48. The molecule has 0 radical (unpaired) electrons. The third-order valence-electron chi connectivity index (χ3n) is 5.04. The molecule has 2 aromatic heterocycles. The minimum Gasteiger partial charge on any atom is -0.488 e. The molecule has 32 heavy (non-hydrogen) atoms. The van der Waals surface area contributed by atoms with E-state index in [1.165, 1.54) is 15.6 Å². The van der Waals surface area contributed by atoms with Crippen molar-refractivity contribution in [3.63, 3.8) is 0 Å². The second-order valence-electron chi connectivity index (χ2n) is 7.19. The number of hydrogen-bond acceptors (Lipinski definition) is 8. The molecule has 1 amide bonds. The van der Waals surface area contributed by atoms with E-state index in [0.717, 1.165) is 5.56 Å². The van der Waals surface area contributed by atoms with Crippen LogP contribution in [0, 0.1) is 22.7 Å². The van der Waals surface area contributed by atoms with Crippen LogP contribution in [0.1, 0.15) is 28.7 Å². The Morgan fingerprint density at radius 1 is 1.28 bits per heavy atom. The number of aromatic nitrogens is 3. The van der Waals surface area contributed by atoms with Gasteiger partial charge in [-0.25, -0.2) is 4.98 Å². The molecule has 0 spiro atoms. The Morgan fingerprint density at radius 3 is 2.91 bits per heavy atom. The molecule has 0 bridgehead atoms. The average molecular weight is 429 g/mol. The summed E-state index contributed by atoms with van der Waals surface area (Å²) in [5, 5.41) is 36.4. The van der Waals surface area contributed by atoms with E-state index >= 15 is 0 Å². The van der Waals surface area contributed by atoms with Gasteiger partial charge in [-0.1, -0.05) is 12.1 Å². The first-order valence-corrected chi connectivity index (χ1v) is 9.76. The Kier molecular flexibility index (Phi) is 5.81. The number of hydrogen-bond donors (Lipinski definition) is 2. The molecule has 0 saturated heterocycles. The Bertz CT molecular complexity index is 1240. The van der Waals surface area contributed by atoms with Crippen molar-refractivity contribution >= 4 is 11.7 Å². The summed E-state index contributed by atoms with van der Waals surface area (Å²) in [7, 11) is 1.59. The maximum atomic E-state index is 12.8. The Labute approximate surface area is 183 Å². The normalized spacial score (nSPS) is 16.3. The van der Waals surface area contributed by atoms with E-state index in [2.05, 4.69) is 21.5 Å². The quantitative estimate of drug-likeness (QED) is 0.574. The number of aliphatic hydroxyl groups is 1. The van der Waals surface area contributed by atoms with Gasteiger partial charge in [0.15, 0.2) is 17.8 Å². The molecule has 4 rings (SSSR count). The van der Waals surface area contributed by atoms with Crippen LogP contribution in [0.25, 0.3) is 0 Å². The summed E-state index contributed by atoms with van der Waals surface area (Å²) in [5.41, 5.74) is 1.71. The number of carbonyl (C=O) groups excluding carboxylic acids is 1. The predicted molar refractivity (Wildman–Crippen MR) is 112 cm³/mol. The highest BCUT2D eigenvalue weighted by Gasteiger charge is 2.32. The van der Waals surface area contributed by atoms with Gasteiger partial charge in [-0.3, -0.25) is 19.7 Å². The van der Waals surface area contributed by atoms with Gasteiger partial charge in [-0.15, -0.1) is 0 Å². The van der Waals surface area contributed by atoms with Crippen molar-refractivity contribution in [1.82, 2.24) is 20.1 Å². The number of amides is 1. The first-order chi connectivity index (χ1) is 15.5. The van der Waals surface area contributed by atoms with Crippen molar-refractivity contribution in [3.8, 4) is 17.9 Å². The molecule has 160 valence electrons. The molecule has 1 unspecified atom stereocenters. The minimum atomic E-state index is -1.31. The van der Waals surface area contributed by atoms with Crippen LogP contribution in [-0.4, -0.2) is 45.5 Å². The highest BCUT2D eigenvalue weighted by molar-refractivity contribution is 5.97. The zero-order valence-electron chi connectivity index (χ0n) is 17.1. The van der Waals surface area contributed by atoms with Crippen LogP contribution in [0.2, 0.25) is 0 Å². The summed E-state index contributed by atoms with van der Waals surface area (Å²) in [4.78, 5) is 18.4. The van der Waals surface area contributed by atoms with Crippen molar-refractivity contribution in [3.05, 3.63) is 71.2 Å². The highest BCUT2D eigenvalue weighted by atomic mass is 16.5. The summed E-state index contributed by atoms with van der Waals surface area (Å²) in [5.74, 6) is 0.541. The van der Waals surface area contributed by atoms with Gasteiger partial charge in [-0.2, -0.15) is 15.6 Å². The third kappa shape index (κ3) is 4.14. The molecule has 0 fully saturated rings. The molecule has 3 aromatic rings. The second-order valence-corrected chi connectivity index (χ2v) is 7.19. The standard InChI is InChI=1S/C22H19N7O3/c1-28-20-19(6-3-7-25-20)32-13-18(22(28)31)26-21(30)17-9-16(11-24)29(27-17)12-15-5-2-4-14(8-15)10-23/h2-9,18,21,26,30H,12-13H2,1H3/t18-,21?/m0/s1. The predicted octanol–water partition coefficient (Wildman–Crippen LogP) is 1.07. The fraction of sp³-hybridized carbons (Fsp3) is 0.227. The molecule has 0 saturated carbocycles. The van der Waals surface area contributed by atoms with E-state index in [1.54, 1.807) is 43.6 Å². The van der Waals surface area contributed by atoms with E-state index in [1.807, 2.05) is 12.1 Å². The summed E-state index contributed by atoms with van der Waals surface area (Å²) in [6.45, 7) is 0.242. The zero-order chi connectivity index (χ0) is 22.7. The number of pyridine rings is 1. The largest absolute Gasteiger partial charge is 0.488 e. The Hall–Kier alpha value is -4.25. The van der Waals surface area contributed by atoms with Crippen LogP contribution in [0.4, 0.5) is 5.82 Å². The molecule has 10 heteroatoms. The van der Waals surface area contributed by atoms with Crippen molar-refractivity contribution in [2.45, 2.75) is 18.8 Å². The number of likely N-dealkylation sites (N-methyl/N-ethyl adjacent to an activating group) is 1. The van der Waals surface area contributed by atoms with Crippen LogP contribution in [0.3, 0.4) is 0 Å². The van der Waals surface area contributed by atoms with Gasteiger partial charge in [-0.05, 0) is 29.8 Å². The fourth-order valence-electron chi connectivity index (χ4n) is 3.42. The van der Waals surface area contributed by atoms with E-state index in [9.17, 15) is 15.2 Å². The fourth-order valence-corrected chi connectivity index (χ4v) is 3.42. The Balaban J connectivity index is 1.51. The molecule has 1 aromatic carbocycles. The summed E-state index contributed by atoms with van der Waals surface area (Å²) in [6.07, 6.45) is 0.255. The van der Waals surface area contributed by atoms with Gasteiger partial charge in [0.1, 0.15) is 30.1 Å². The number of ether oxygens (including phenoxy) is 1. The SMILES string of the molecule is CN1C(=O)[C@@H](NC(O)c2cc(C#N)n(Cc3cccc(C#N)c3)n2)COc2cccnc21. The van der Waals surface area contributed by atoms with Crippen molar-refractivity contribution in [1.29, 1.82) is 10.5 Å². The number of anilines is 1. The highest BCUT2D eigenvalue weighted by Crippen LogP contribution is 2.27. The number of carbonyl (C=O) groups is 1. The topological polar surface area (TPSA) is 140 Å². The Morgan fingerprint density at radius 2 is 2.12 bits per heavy atom. The molecule has 2 N–H and O–H groups in total. The van der Waals surface area contributed by atoms with Gasteiger partial charge < -0.3 is 9.84 Å². The molecule has 2 atom stereocenters. The first kappa shape index (κ1) is 21.0. The lowest BCUT2D eigenvalue weighted by molar-refractivity contribution is -0.121. The van der Waals surface area contributed by atoms with Gasteiger partial charge in [0.05, 0.1) is 18.2 Å². The molecule has 10 nitrogen and oxygen atoms in total. The smallest absolute Gasteiger partial charge is 0.248 e. The maximum Gasteiger partial charge on any atom is 0.248 e. The van der Waals surface area contributed by atoms with Crippen LogP contribution in [0.15, 0.2) is 48.7 Å². The van der Waals surface area contributed by atoms with E-state index in [0.29, 0.717) is 17.1 Å². The lowest BCUT2D eigenvalue weighted by atomic mass is 10.1. The summed E-state index contributed by atoms with van der Waals surface area (Å²) < 4.78 is 7.13. The van der Waals surface area contributed by atoms with Gasteiger partial charge in [0.25, 0.3) is 0 Å². The van der Waals surface area contributed by atoms with Crippen molar-refractivity contribution in [2.24, 2.45) is 0 Å². The van der Waals surface area contributed by atoms with Gasteiger partial charge in [0, 0.05) is 19.3 Å². The van der Waals surface area contributed by atoms with Crippen LogP contribution >= 0.6 is 0 Å². The molecule has 1 aliphatic rings. The van der Waals surface area contributed by atoms with E-state index < -0.39 is 12.3 Å². The zero-order valence-corrected chi connectivity index (χ0v) is 17.1. The summed E-state index contributed by atoms with van der Waals surface area (Å²) >= 11 is 0. The van der Waals surface area contributed by atoms with Crippen LogP contribution < -0.4 is 15.0 Å². The number of aliphatic hydroxyl groups excluding tert-OH is 1. The minimum absolute atomic E-state index is 0.00824. The summed E-state index contributed by atoms with van der Waals surface area (Å²) in [6, 6.07) is 15.1. The maximum absolute atomic E-state index is 12.8. The van der Waals surface area contributed by atoms with Gasteiger partial charge in [0.2, 0.25) is 5.91 Å². The molecular weight excluding hydrogens is 410 g/mol. The van der Waals surface area contributed by atoms with Crippen LogP contribution in [-0.2, 0) is 11.3 Å². The van der Waals surface area contributed by atoms with Crippen LogP contribution in [0.5, 0.6) is 5.75 Å². The average Bonchev–Trinajstić information content (AvgIpc) is 3.19. The number of nitriles is 2. The van der Waals surface area contributed by atoms with E-state index in [-0.39, 0.29) is 30.4 Å². The number of nitrogens with one attached hydrogen (secondary N) is 1. The third-order valence-corrected chi connectivity index (χ3v) is 5.04. The lowest BCUT2D eigenvalue weighted by Gasteiger charge is -2.21. The molecule has 1 aliphatic heterocycles. The molecular formula is C22H19N7O3. The molecule has 0 aliphatic carbocycles. The molecule has 3 heterocycles. The monoisotopic (exact) mass is 429 g/mol. The van der Waals surface area contributed by atoms with Crippen molar-refractivity contribution < 1.29 is 14.6 Å². The number of benzene rings is 1. The number of rotatable bonds is 5. The first-order valence-electron chi connectivity index (χ1n) is 9.76. The van der Waals surface area contributed by atoms with E-state index in [4.69, 9.17) is 10.00 Å². The van der Waals surface area contributed by atoms with Gasteiger partial charge >= 0.3 is 0 Å². The van der Waals surface area contributed by atoms with Crippen molar-refractivity contribution in [2.75, 3.05) is 18.6 Å². The number of nitrogens with zero attached hydrogens (tertiary/aromatic N) is 6. The number of fused-ring (bicyclic) bond motifs is 1. The second kappa shape index (κ2) is 8.86.